The highest BCUT2D eigenvalue weighted by molar-refractivity contribution is 6.22. The van der Waals surface area contributed by atoms with Crippen molar-refractivity contribution in [1.82, 2.24) is 0 Å². The standard InChI is InChI=1S/C18H18O/c1-4-12-9-13(5-2)17-15(10-12)14-7-6-11(3)8-16(14)18(17)19/h6-10H,4-5H2,1-3H3. The van der Waals surface area contributed by atoms with Crippen molar-refractivity contribution in [3.05, 3.63) is 58.1 Å². The molecule has 0 radical (unpaired) electrons. The van der Waals surface area contributed by atoms with Gasteiger partial charge in [0.25, 0.3) is 0 Å². The first-order chi connectivity index (χ1) is 9.15. The van der Waals surface area contributed by atoms with Crippen LogP contribution >= 0.6 is 0 Å². The zero-order valence-electron chi connectivity index (χ0n) is 11.7. The van der Waals surface area contributed by atoms with Gasteiger partial charge < -0.3 is 0 Å². The van der Waals surface area contributed by atoms with Gasteiger partial charge in [0.15, 0.2) is 5.78 Å². The Hall–Kier alpha value is -1.89. The Morgan fingerprint density at radius 3 is 2.37 bits per heavy atom. The molecular formula is C18H18O. The number of rotatable bonds is 2. The number of hydrogen-bond acceptors (Lipinski definition) is 1. The maximum Gasteiger partial charge on any atom is 0.194 e. The van der Waals surface area contributed by atoms with E-state index in [1.54, 1.807) is 0 Å². The maximum absolute atomic E-state index is 12.6. The molecule has 96 valence electrons. The molecule has 0 aliphatic heterocycles. The lowest BCUT2D eigenvalue weighted by atomic mass is 9.95. The van der Waals surface area contributed by atoms with E-state index >= 15 is 0 Å². The van der Waals surface area contributed by atoms with Crippen molar-refractivity contribution in [3.63, 3.8) is 0 Å². The Labute approximate surface area is 114 Å². The molecule has 0 spiro atoms. The first kappa shape index (κ1) is 12.2. The lowest BCUT2D eigenvalue weighted by molar-refractivity contribution is 0.104. The van der Waals surface area contributed by atoms with Gasteiger partial charge in [-0.05, 0) is 48.1 Å². The van der Waals surface area contributed by atoms with Gasteiger partial charge in [-0.2, -0.15) is 0 Å². The van der Waals surface area contributed by atoms with Crippen molar-refractivity contribution in [2.45, 2.75) is 33.6 Å². The molecule has 0 amide bonds. The maximum atomic E-state index is 12.6. The second-order valence-electron chi connectivity index (χ2n) is 5.26. The summed E-state index contributed by atoms with van der Waals surface area (Å²) in [6.07, 6.45) is 1.92. The lowest BCUT2D eigenvalue weighted by Gasteiger charge is -2.08. The first-order valence-electron chi connectivity index (χ1n) is 6.97. The Balaban J connectivity index is 2.33. The third-order valence-corrected chi connectivity index (χ3v) is 4.01. The second-order valence-corrected chi connectivity index (χ2v) is 5.26. The van der Waals surface area contributed by atoms with Gasteiger partial charge in [-0.15, -0.1) is 0 Å². The third-order valence-electron chi connectivity index (χ3n) is 4.01. The van der Waals surface area contributed by atoms with Crippen molar-refractivity contribution in [2.75, 3.05) is 0 Å². The van der Waals surface area contributed by atoms with Crippen LogP contribution in [0.1, 0.15) is 46.5 Å². The molecule has 2 aromatic rings. The molecule has 2 aromatic carbocycles. The van der Waals surface area contributed by atoms with Crippen LogP contribution in [-0.2, 0) is 12.8 Å². The van der Waals surface area contributed by atoms with E-state index in [0.717, 1.165) is 40.7 Å². The number of ketones is 1. The highest BCUT2D eigenvalue weighted by Crippen LogP contribution is 2.39. The molecule has 1 aliphatic rings. The molecular weight excluding hydrogens is 232 g/mol. The van der Waals surface area contributed by atoms with Crippen molar-refractivity contribution >= 4 is 5.78 Å². The Kier molecular flexibility index (Phi) is 2.78. The van der Waals surface area contributed by atoms with E-state index in [-0.39, 0.29) is 5.78 Å². The number of carbonyl (C=O) groups is 1. The summed E-state index contributed by atoms with van der Waals surface area (Å²) in [5.74, 6) is 0.202. The summed E-state index contributed by atoms with van der Waals surface area (Å²) in [5.41, 5.74) is 7.70. The van der Waals surface area contributed by atoms with Crippen LogP contribution in [0.25, 0.3) is 11.1 Å². The van der Waals surface area contributed by atoms with Gasteiger partial charge in [-0.25, -0.2) is 0 Å². The summed E-state index contributed by atoms with van der Waals surface area (Å²) in [5, 5.41) is 0. The number of carbonyl (C=O) groups excluding carboxylic acids is 1. The smallest absolute Gasteiger partial charge is 0.194 e. The summed E-state index contributed by atoms with van der Waals surface area (Å²) in [4.78, 5) is 12.6. The normalized spacial score (nSPS) is 12.5. The molecule has 0 atom stereocenters. The highest BCUT2D eigenvalue weighted by atomic mass is 16.1. The van der Waals surface area contributed by atoms with Gasteiger partial charge in [-0.1, -0.05) is 43.7 Å². The molecule has 0 saturated carbocycles. The molecule has 1 heteroatoms. The summed E-state index contributed by atoms with van der Waals surface area (Å²) < 4.78 is 0. The van der Waals surface area contributed by atoms with Crippen molar-refractivity contribution in [1.29, 1.82) is 0 Å². The number of aryl methyl sites for hydroxylation is 3. The second kappa shape index (κ2) is 4.34. The summed E-state index contributed by atoms with van der Waals surface area (Å²) >= 11 is 0. The van der Waals surface area contributed by atoms with Gasteiger partial charge in [0.1, 0.15) is 0 Å². The Bertz CT molecular complexity index is 680. The summed E-state index contributed by atoms with van der Waals surface area (Å²) in [6.45, 7) is 6.32. The quantitative estimate of drug-likeness (QED) is 0.661. The van der Waals surface area contributed by atoms with Crippen LogP contribution in [0.15, 0.2) is 30.3 Å². The predicted octanol–water partition coefficient (Wildman–Crippen LogP) is 4.33. The zero-order chi connectivity index (χ0) is 13.6. The fourth-order valence-corrected chi connectivity index (χ4v) is 2.95. The average molecular weight is 250 g/mol. The van der Waals surface area contributed by atoms with E-state index in [2.05, 4.69) is 38.1 Å². The van der Waals surface area contributed by atoms with Gasteiger partial charge in [0.2, 0.25) is 0 Å². The third kappa shape index (κ3) is 1.73. The van der Waals surface area contributed by atoms with Crippen LogP contribution in [0, 0.1) is 6.92 Å². The predicted molar refractivity (Wildman–Crippen MR) is 78.8 cm³/mol. The fourth-order valence-electron chi connectivity index (χ4n) is 2.95. The van der Waals surface area contributed by atoms with E-state index in [1.165, 1.54) is 11.1 Å². The van der Waals surface area contributed by atoms with Crippen LogP contribution in [0.3, 0.4) is 0 Å². The first-order valence-corrected chi connectivity index (χ1v) is 6.97. The van der Waals surface area contributed by atoms with Crippen LogP contribution in [-0.4, -0.2) is 5.78 Å². The molecule has 1 nitrogen and oxygen atoms in total. The minimum Gasteiger partial charge on any atom is -0.289 e. The number of fused-ring (bicyclic) bond motifs is 3. The van der Waals surface area contributed by atoms with Crippen LogP contribution in [0.2, 0.25) is 0 Å². The van der Waals surface area contributed by atoms with E-state index in [4.69, 9.17) is 0 Å². The molecule has 0 heterocycles. The number of benzene rings is 2. The largest absolute Gasteiger partial charge is 0.289 e. The Morgan fingerprint density at radius 1 is 0.895 bits per heavy atom. The molecule has 1 aliphatic carbocycles. The van der Waals surface area contributed by atoms with E-state index < -0.39 is 0 Å². The molecule has 19 heavy (non-hydrogen) atoms. The summed E-state index contributed by atoms with van der Waals surface area (Å²) in [7, 11) is 0. The van der Waals surface area contributed by atoms with Crippen LogP contribution < -0.4 is 0 Å². The average Bonchev–Trinajstić information content (AvgIpc) is 2.71. The van der Waals surface area contributed by atoms with Crippen LogP contribution in [0.5, 0.6) is 0 Å². The van der Waals surface area contributed by atoms with E-state index in [1.807, 2.05) is 13.0 Å². The van der Waals surface area contributed by atoms with Crippen molar-refractivity contribution < 1.29 is 4.79 Å². The van der Waals surface area contributed by atoms with Gasteiger partial charge in [-0.3, -0.25) is 4.79 Å². The molecule has 0 unspecified atom stereocenters. The molecule has 0 saturated heterocycles. The van der Waals surface area contributed by atoms with E-state index in [9.17, 15) is 4.79 Å². The molecule has 0 N–H and O–H groups in total. The molecule has 0 fully saturated rings. The highest BCUT2D eigenvalue weighted by Gasteiger charge is 2.29. The van der Waals surface area contributed by atoms with Gasteiger partial charge in [0.05, 0.1) is 0 Å². The minimum atomic E-state index is 0.202. The molecule has 0 aromatic heterocycles. The SMILES string of the molecule is CCc1cc(CC)c2c(c1)-c1ccc(C)cc1C2=O. The number of hydrogen-bond donors (Lipinski definition) is 0. The van der Waals surface area contributed by atoms with Crippen molar-refractivity contribution in [3.8, 4) is 11.1 Å². The van der Waals surface area contributed by atoms with E-state index in [0.29, 0.717) is 0 Å². The van der Waals surface area contributed by atoms with Gasteiger partial charge >= 0.3 is 0 Å². The topological polar surface area (TPSA) is 17.1 Å². The molecule has 0 bridgehead atoms. The van der Waals surface area contributed by atoms with Crippen LogP contribution in [0.4, 0.5) is 0 Å². The summed E-state index contributed by atoms with van der Waals surface area (Å²) in [6, 6.07) is 10.6. The zero-order valence-corrected chi connectivity index (χ0v) is 11.7. The van der Waals surface area contributed by atoms with Gasteiger partial charge in [0, 0.05) is 11.1 Å². The molecule has 3 rings (SSSR count). The monoisotopic (exact) mass is 250 g/mol. The van der Waals surface area contributed by atoms with Crippen molar-refractivity contribution in [2.24, 2.45) is 0 Å². The Morgan fingerprint density at radius 2 is 1.68 bits per heavy atom. The fraction of sp³-hybridized carbons (Fsp3) is 0.278. The minimum absolute atomic E-state index is 0.202. The lowest BCUT2D eigenvalue weighted by Crippen LogP contribution is -2.01.